The fourth-order valence-corrected chi connectivity index (χ4v) is 11.3. The van der Waals surface area contributed by atoms with Crippen LogP contribution in [-0.4, -0.2) is 46.1 Å². The average molecular weight is 1020 g/mol. The molecule has 3 unspecified atom stereocenters. The molecule has 0 aromatic carbocycles. The highest BCUT2D eigenvalue weighted by atomic mass is 16.3. The van der Waals surface area contributed by atoms with Gasteiger partial charge in [0.25, 0.3) is 0 Å². The molecule has 4 N–H and O–H groups in total. The first-order chi connectivity index (χ1) is 35.6. The van der Waals surface area contributed by atoms with Gasteiger partial charge in [-0.15, -0.1) is 0 Å². The highest BCUT2D eigenvalue weighted by molar-refractivity contribution is 5.76. The zero-order valence-electron chi connectivity index (χ0n) is 49.6. The summed E-state index contributed by atoms with van der Waals surface area (Å²) >= 11 is 0. The Morgan fingerprint density at radius 1 is 0.292 bits per heavy atom. The van der Waals surface area contributed by atoms with Gasteiger partial charge in [-0.1, -0.05) is 380 Å². The lowest BCUT2D eigenvalue weighted by Crippen LogP contribution is -2.50. The highest BCUT2D eigenvalue weighted by Gasteiger charge is 2.26. The minimum absolute atomic E-state index is 0.134. The lowest BCUT2D eigenvalue weighted by atomic mass is 9.99. The van der Waals surface area contributed by atoms with Gasteiger partial charge >= 0.3 is 0 Å². The lowest BCUT2D eigenvalue weighted by Gasteiger charge is -2.26. The van der Waals surface area contributed by atoms with Gasteiger partial charge in [-0.2, -0.15) is 0 Å². The Morgan fingerprint density at radius 3 is 0.667 bits per heavy atom. The number of carbonyl (C=O) groups is 1. The Kier molecular flexibility index (Phi) is 62.3. The summed E-state index contributed by atoms with van der Waals surface area (Å²) in [6.07, 6.45) is 78.9. The molecule has 0 heterocycles. The minimum Gasteiger partial charge on any atom is -0.394 e. The smallest absolute Gasteiger partial charge is 0.220 e. The van der Waals surface area contributed by atoms with Crippen LogP contribution >= 0.6 is 0 Å². The van der Waals surface area contributed by atoms with Crippen molar-refractivity contribution in [3.8, 4) is 0 Å². The van der Waals surface area contributed by atoms with E-state index in [2.05, 4.69) is 19.2 Å². The van der Waals surface area contributed by atoms with Crippen molar-refractivity contribution in [3.63, 3.8) is 0 Å². The van der Waals surface area contributed by atoms with Crippen LogP contribution in [0.15, 0.2) is 0 Å². The van der Waals surface area contributed by atoms with E-state index in [1.54, 1.807) is 0 Å². The zero-order valence-corrected chi connectivity index (χ0v) is 49.6. The summed E-state index contributed by atoms with van der Waals surface area (Å²) in [6.45, 7) is 4.24. The first-order valence-corrected chi connectivity index (χ1v) is 33.8. The molecule has 1 amide bonds. The third-order valence-electron chi connectivity index (χ3n) is 16.5. The second-order valence-electron chi connectivity index (χ2n) is 23.8. The molecule has 5 heteroatoms. The fraction of sp³-hybridized carbons (Fsp3) is 0.985. The van der Waals surface area contributed by atoms with E-state index in [0.717, 1.165) is 32.1 Å². The molecule has 0 spiro atoms. The number of rotatable bonds is 64. The molecule has 0 saturated heterocycles. The molecule has 432 valence electrons. The molecule has 72 heavy (non-hydrogen) atoms. The van der Waals surface area contributed by atoms with Crippen molar-refractivity contribution >= 4 is 5.91 Å². The molecule has 0 saturated carbocycles. The summed E-state index contributed by atoms with van der Waals surface area (Å²) < 4.78 is 0. The summed E-state index contributed by atoms with van der Waals surface area (Å²) in [7, 11) is 0. The van der Waals surface area contributed by atoms with Crippen molar-refractivity contribution in [1.29, 1.82) is 0 Å². The molecule has 3 atom stereocenters. The van der Waals surface area contributed by atoms with E-state index >= 15 is 0 Å². The van der Waals surface area contributed by atoms with Crippen LogP contribution in [-0.2, 0) is 4.79 Å². The third kappa shape index (κ3) is 57.1. The maximum absolute atomic E-state index is 12.6. The van der Waals surface area contributed by atoms with Gasteiger partial charge in [0.15, 0.2) is 0 Å². The number of aliphatic hydroxyl groups is 3. The molecular weight excluding hydrogens is 883 g/mol. The monoisotopic (exact) mass is 1020 g/mol. The van der Waals surface area contributed by atoms with Crippen LogP contribution in [0, 0.1) is 0 Å². The number of aliphatic hydroxyl groups excluding tert-OH is 3. The molecule has 0 aromatic rings. The summed E-state index contributed by atoms with van der Waals surface area (Å²) in [5.41, 5.74) is 0. The Labute approximate surface area is 453 Å². The standard InChI is InChI=1S/C67H135NO4/c1-3-5-7-9-11-13-15-17-19-21-23-25-26-27-28-29-30-31-32-33-34-35-36-37-38-39-40-42-44-46-48-50-52-54-56-58-60-62-66(71)68-64(63-69)67(72)65(70)61-59-57-55-53-51-49-47-45-43-41-24-22-20-18-16-14-12-10-8-6-4-2/h64-65,67,69-70,72H,3-63H2,1-2H3,(H,68,71). The van der Waals surface area contributed by atoms with Crippen LogP contribution < -0.4 is 5.32 Å². The van der Waals surface area contributed by atoms with Crippen LogP contribution in [0.1, 0.15) is 399 Å². The summed E-state index contributed by atoms with van der Waals surface area (Å²) in [5.74, 6) is -0.134. The number of hydrogen-bond acceptors (Lipinski definition) is 4. The summed E-state index contributed by atoms with van der Waals surface area (Å²) in [5, 5.41) is 33.9. The zero-order chi connectivity index (χ0) is 52.2. The number of hydrogen-bond donors (Lipinski definition) is 4. The first kappa shape index (κ1) is 71.3. The quantitative estimate of drug-likeness (QED) is 0.0457. The van der Waals surface area contributed by atoms with E-state index < -0.39 is 18.2 Å². The van der Waals surface area contributed by atoms with Crippen LogP contribution in [0.2, 0.25) is 0 Å². The maximum Gasteiger partial charge on any atom is 0.220 e. The molecule has 0 radical (unpaired) electrons. The van der Waals surface area contributed by atoms with E-state index in [-0.39, 0.29) is 12.5 Å². The van der Waals surface area contributed by atoms with Crippen LogP contribution in [0.3, 0.4) is 0 Å². The van der Waals surface area contributed by atoms with Gasteiger partial charge in [0.2, 0.25) is 5.91 Å². The second-order valence-corrected chi connectivity index (χ2v) is 23.8. The van der Waals surface area contributed by atoms with E-state index in [0.29, 0.717) is 12.8 Å². The van der Waals surface area contributed by atoms with Gasteiger partial charge in [-0.3, -0.25) is 4.79 Å². The summed E-state index contributed by atoms with van der Waals surface area (Å²) in [6, 6.07) is -0.805. The van der Waals surface area contributed by atoms with Gasteiger partial charge in [0.05, 0.1) is 18.8 Å². The third-order valence-corrected chi connectivity index (χ3v) is 16.5. The van der Waals surface area contributed by atoms with Crippen molar-refractivity contribution in [2.75, 3.05) is 6.61 Å². The Balaban J connectivity index is 3.41. The Morgan fingerprint density at radius 2 is 0.472 bits per heavy atom. The van der Waals surface area contributed by atoms with Gasteiger partial charge in [0.1, 0.15) is 6.10 Å². The molecule has 0 aliphatic rings. The predicted molar refractivity (Wildman–Crippen MR) is 319 cm³/mol. The van der Waals surface area contributed by atoms with Crippen LogP contribution in [0.5, 0.6) is 0 Å². The molecule has 5 nitrogen and oxygen atoms in total. The van der Waals surface area contributed by atoms with E-state index in [9.17, 15) is 20.1 Å². The van der Waals surface area contributed by atoms with Gasteiger partial charge in [-0.25, -0.2) is 0 Å². The number of unbranched alkanes of at least 4 members (excludes halogenated alkanes) is 56. The SMILES string of the molecule is CCCCCCCCCCCCCCCCCCCCCCCCCCCCCCCCCCCCCCCC(=O)NC(CO)C(O)C(O)CCCCCCCCCCCCCCCCCCCCCCC. The number of nitrogens with one attached hydrogen (secondary N) is 1. The summed E-state index contributed by atoms with van der Waals surface area (Å²) in [4.78, 5) is 12.6. The molecule has 0 bridgehead atoms. The topological polar surface area (TPSA) is 89.8 Å². The number of amides is 1. The van der Waals surface area contributed by atoms with Crippen molar-refractivity contribution in [2.24, 2.45) is 0 Å². The average Bonchev–Trinajstić information content (AvgIpc) is 3.39. The number of carbonyl (C=O) groups excluding carboxylic acids is 1. The second kappa shape index (κ2) is 62.9. The molecule has 0 aliphatic carbocycles. The van der Waals surface area contributed by atoms with Crippen molar-refractivity contribution < 1.29 is 20.1 Å². The van der Waals surface area contributed by atoms with Crippen LogP contribution in [0.25, 0.3) is 0 Å². The normalized spacial score (nSPS) is 13.0. The van der Waals surface area contributed by atoms with E-state index in [4.69, 9.17) is 0 Å². The first-order valence-electron chi connectivity index (χ1n) is 33.8. The van der Waals surface area contributed by atoms with Gasteiger partial charge in [0, 0.05) is 6.42 Å². The fourth-order valence-electron chi connectivity index (χ4n) is 11.3. The molecule has 0 aliphatic heterocycles. The van der Waals surface area contributed by atoms with Crippen LogP contribution in [0.4, 0.5) is 0 Å². The molecule has 0 fully saturated rings. The highest BCUT2D eigenvalue weighted by Crippen LogP contribution is 2.20. The molecular formula is C67H135NO4. The molecule has 0 aromatic heterocycles. The van der Waals surface area contributed by atoms with Crippen molar-refractivity contribution in [3.05, 3.63) is 0 Å². The lowest BCUT2D eigenvalue weighted by molar-refractivity contribution is -0.124. The minimum atomic E-state index is -1.13. The predicted octanol–water partition coefficient (Wildman–Crippen LogP) is 21.6. The molecule has 0 rings (SSSR count). The van der Waals surface area contributed by atoms with Gasteiger partial charge < -0.3 is 20.6 Å². The van der Waals surface area contributed by atoms with E-state index in [1.165, 1.54) is 340 Å². The van der Waals surface area contributed by atoms with Gasteiger partial charge in [-0.05, 0) is 12.8 Å². The maximum atomic E-state index is 12.6. The Hall–Kier alpha value is -0.650. The Bertz CT molecular complexity index is 991. The van der Waals surface area contributed by atoms with Crippen molar-refractivity contribution in [2.45, 2.75) is 417 Å². The largest absolute Gasteiger partial charge is 0.394 e. The van der Waals surface area contributed by atoms with E-state index in [1.807, 2.05) is 0 Å². The van der Waals surface area contributed by atoms with Crippen molar-refractivity contribution in [1.82, 2.24) is 5.32 Å².